The fourth-order valence-corrected chi connectivity index (χ4v) is 3.47. The number of urea groups is 1. The van der Waals surface area contributed by atoms with Crippen LogP contribution in [-0.4, -0.2) is 43.6 Å². The summed E-state index contributed by atoms with van der Waals surface area (Å²) in [5.74, 6) is -0.348. The molecule has 0 aromatic heterocycles. The number of amides is 3. The first kappa shape index (κ1) is 16.5. The first-order valence-electron chi connectivity index (χ1n) is 7.17. The molecule has 22 heavy (non-hydrogen) atoms. The molecule has 1 aliphatic rings. The minimum atomic E-state index is -3.53. The summed E-state index contributed by atoms with van der Waals surface area (Å²) in [5.41, 5.74) is 1.06. The minimum absolute atomic E-state index is 0.136. The number of nitrogens with one attached hydrogen (secondary N) is 1. The van der Waals surface area contributed by atoms with Gasteiger partial charge in [0.2, 0.25) is 0 Å². The number of nitrogens with zero attached hydrogens (tertiary/aromatic N) is 1. The maximum Gasteiger partial charge on any atom is 0.324 e. The van der Waals surface area contributed by atoms with Crippen molar-refractivity contribution in [1.82, 2.24) is 10.2 Å². The molecule has 2 rings (SSSR count). The number of sulfone groups is 1. The number of hydrogen-bond acceptors (Lipinski definition) is 4. The van der Waals surface area contributed by atoms with E-state index in [1.54, 1.807) is 31.2 Å². The average molecular weight is 324 g/mol. The molecule has 0 bridgehead atoms. The number of carbonyl (C=O) groups excluding carboxylic acids is 2. The summed E-state index contributed by atoms with van der Waals surface area (Å²) in [6.45, 7) is 5.49. The van der Waals surface area contributed by atoms with E-state index < -0.39 is 27.8 Å². The zero-order chi connectivity index (χ0) is 16.5. The van der Waals surface area contributed by atoms with Gasteiger partial charge in [0, 0.05) is 6.54 Å². The second-order valence-electron chi connectivity index (χ2n) is 5.70. The summed E-state index contributed by atoms with van der Waals surface area (Å²) in [4.78, 5) is 24.5. The van der Waals surface area contributed by atoms with Crippen LogP contribution in [0.4, 0.5) is 4.79 Å². The molecule has 1 aromatic carbocycles. The predicted molar refractivity (Wildman–Crippen MR) is 82.3 cm³/mol. The number of carbonyl (C=O) groups is 2. The van der Waals surface area contributed by atoms with Crippen LogP contribution in [0.2, 0.25) is 0 Å². The molecule has 1 fully saturated rings. The van der Waals surface area contributed by atoms with Crippen LogP contribution >= 0.6 is 0 Å². The van der Waals surface area contributed by atoms with E-state index in [9.17, 15) is 18.0 Å². The number of rotatable bonds is 5. The normalized spacial score (nSPS) is 18.9. The van der Waals surface area contributed by atoms with Gasteiger partial charge in [0.1, 0.15) is 6.04 Å². The monoisotopic (exact) mass is 324 g/mol. The third kappa shape index (κ3) is 3.30. The van der Waals surface area contributed by atoms with Crippen LogP contribution < -0.4 is 5.32 Å². The van der Waals surface area contributed by atoms with Gasteiger partial charge in [-0.2, -0.15) is 0 Å². The topological polar surface area (TPSA) is 83.6 Å². The maximum atomic E-state index is 12.3. The summed E-state index contributed by atoms with van der Waals surface area (Å²) in [6.07, 6.45) is 0. The summed E-state index contributed by atoms with van der Waals surface area (Å²) in [7, 11) is -3.53. The smallest absolute Gasteiger partial charge is 0.324 e. The van der Waals surface area contributed by atoms with Crippen molar-refractivity contribution in [2.45, 2.75) is 37.6 Å². The van der Waals surface area contributed by atoms with Crippen LogP contribution in [0.1, 0.15) is 32.3 Å². The molecule has 1 atom stereocenters. The highest BCUT2D eigenvalue weighted by atomic mass is 32.2. The van der Waals surface area contributed by atoms with Gasteiger partial charge in [-0.15, -0.1) is 0 Å². The van der Waals surface area contributed by atoms with Gasteiger partial charge in [-0.3, -0.25) is 9.69 Å². The molecule has 0 aliphatic carbocycles. The lowest BCUT2D eigenvalue weighted by atomic mass is 10.0. The number of imide groups is 1. The molecule has 0 saturated carbocycles. The second-order valence-corrected chi connectivity index (χ2v) is 7.81. The van der Waals surface area contributed by atoms with Gasteiger partial charge in [-0.25, -0.2) is 13.2 Å². The van der Waals surface area contributed by atoms with Crippen molar-refractivity contribution in [3.63, 3.8) is 0 Å². The van der Waals surface area contributed by atoms with Gasteiger partial charge >= 0.3 is 6.03 Å². The Morgan fingerprint density at radius 3 is 2.23 bits per heavy atom. The number of hydrogen-bond donors (Lipinski definition) is 1. The zero-order valence-corrected chi connectivity index (χ0v) is 13.7. The molecule has 0 radical (unpaired) electrons. The molecular formula is C15H20N2O4S. The van der Waals surface area contributed by atoms with E-state index in [0.29, 0.717) is 5.92 Å². The summed E-state index contributed by atoms with van der Waals surface area (Å²) in [5, 5.41) is 2.46. The fourth-order valence-electron chi connectivity index (χ4n) is 2.26. The quantitative estimate of drug-likeness (QED) is 0.833. The average Bonchev–Trinajstić information content (AvgIpc) is 2.70. The Labute approximate surface area is 130 Å². The molecule has 7 heteroatoms. The Hall–Kier alpha value is -1.89. The summed E-state index contributed by atoms with van der Waals surface area (Å²) in [6, 6.07) is 5.57. The first-order valence-corrected chi connectivity index (χ1v) is 8.82. The van der Waals surface area contributed by atoms with Crippen LogP contribution in [0.15, 0.2) is 29.2 Å². The Balaban J connectivity index is 2.08. The first-order chi connectivity index (χ1) is 10.2. The molecule has 6 nitrogen and oxygen atoms in total. The van der Waals surface area contributed by atoms with E-state index in [2.05, 4.69) is 5.32 Å². The van der Waals surface area contributed by atoms with Crippen molar-refractivity contribution in [2.75, 3.05) is 12.3 Å². The molecule has 1 aliphatic heterocycles. The Kier molecular flexibility index (Phi) is 4.55. The SMILES string of the molecule is CC1NC(=O)N(CCS(=O)(=O)c2ccc(C(C)C)cc2)C1=O. The van der Waals surface area contributed by atoms with Gasteiger partial charge in [0.15, 0.2) is 9.84 Å². The van der Waals surface area contributed by atoms with Gasteiger partial charge in [-0.1, -0.05) is 26.0 Å². The van der Waals surface area contributed by atoms with Crippen molar-refractivity contribution in [1.29, 1.82) is 0 Å². The largest absolute Gasteiger partial charge is 0.326 e. The standard InChI is InChI=1S/C15H20N2O4S/c1-10(2)12-4-6-13(7-5-12)22(20,21)9-8-17-14(18)11(3)16-15(17)19/h4-7,10-11H,8-9H2,1-3H3,(H,16,19). The Morgan fingerprint density at radius 2 is 1.77 bits per heavy atom. The lowest BCUT2D eigenvalue weighted by Crippen LogP contribution is -2.35. The maximum absolute atomic E-state index is 12.3. The van der Waals surface area contributed by atoms with E-state index in [4.69, 9.17) is 0 Å². The highest BCUT2D eigenvalue weighted by molar-refractivity contribution is 7.91. The van der Waals surface area contributed by atoms with Crippen molar-refractivity contribution in [2.24, 2.45) is 0 Å². The molecule has 1 unspecified atom stereocenters. The predicted octanol–water partition coefficient (Wildman–Crippen LogP) is 1.52. The lowest BCUT2D eigenvalue weighted by Gasteiger charge is -2.13. The molecule has 1 saturated heterocycles. The molecule has 3 amide bonds. The van der Waals surface area contributed by atoms with Gasteiger partial charge in [-0.05, 0) is 30.5 Å². The Bertz CT molecular complexity index is 680. The van der Waals surface area contributed by atoms with E-state index in [0.717, 1.165) is 10.5 Å². The van der Waals surface area contributed by atoms with Crippen molar-refractivity contribution in [3.8, 4) is 0 Å². The van der Waals surface area contributed by atoms with Crippen LogP contribution in [0.3, 0.4) is 0 Å². The Morgan fingerprint density at radius 1 is 1.18 bits per heavy atom. The van der Waals surface area contributed by atoms with Crippen LogP contribution in [0, 0.1) is 0 Å². The van der Waals surface area contributed by atoms with Crippen molar-refractivity contribution in [3.05, 3.63) is 29.8 Å². The van der Waals surface area contributed by atoms with Crippen LogP contribution in [-0.2, 0) is 14.6 Å². The summed E-state index contributed by atoms with van der Waals surface area (Å²) < 4.78 is 24.6. The minimum Gasteiger partial charge on any atom is -0.326 e. The molecular weight excluding hydrogens is 304 g/mol. The van der Waals surface area contributed by atoms with E-state index >= 15 is 0 Å². The molecule has 1 aromatic rings. The van der Waals surface area contributed by atoms with Crippen molar-refractivity contribution >= 4 is 21.8 Å². The molecule has 1 heterocycles. The number of benzene rings is 1. The van der Waals surface area contributed by atoms with E-state index in [1.165, 1.54) is 0 Å². The van der Waals surface area contributed by atoms with Crippen LogP contribution in [0.25, 0.3) is 0 Å². The van der Waals surface area contributed by atoms with Gasteiger partial charge in [0.05, 0.1) is 10.6 Å². The third-order valence-corrected chi connectivity index (χ3v) is 5.42. The van der Waals surface area contributed by atoms with Gasteiger partial charge < -0.3 is 5.32 Å². The lowest BCUT2D eigenvalue weighted by molar-refractivity contribution is -0.126. The van der Waals surface area contributed by atoms with Crippen molar-refractivity contribution < 1.29 is 18.0 Å². The van der Waals surface area contributed by atoms with E-state index in [-0.39, 0.29) is 17.2 Å². The van der Waals surface area contributed by atoms with Gasteiger partial charge in [0.25, 0.3) is 5.91 Å². The zero-order valence-electron chi connectivity index (χ0n) is 12.9. The molecule has 120 valence electrons. The molecule has 1 N–H and O–H groups in total. The fraction of sp³-hybridized carbons (Fsp3) is 0.467. The highest BCUT2D eigenvalue weighted by Crippen LogP contribution is 2.18. The van der Waals surface area contributed by atoms with Crippen LogP contribution in [0.5, 0.6) is 0 Å². The highest BCUT2D eigenvalue weighted by Gasteiger charge is 2.35. The van der Waals surface area contributed by atoms with E-state index in [1.807, 2.05) is 13.8 Å². The third-order valence-electron chi connectivity index (χ3n) is 3.71. The summed E-state index contributed by atoms with van der Waals surface area (Å²) >= 11 is 0. The molecule has 0 spiro atoms. The second kappa shape index (κ2) is 6.08.